The highest BCUT2D eigenvalue weighted by Gasteiger charge is 2.35. The highest BCUT2D eigenvalue weighted by molar-refractivity contribution is 7.10. The molecule has 1 unspecified atom stereocenters. The number of benzene rings is 1. The van der Waals surface area contributed by atoms with Crippen molar-refractivity contribution in [1.82, 2.24) is 19.7 Å². The van der Waals surface area contributed by atoms with E-state index >= 15 is 0 Å². The van der Waals surface area contributed by atoms with Crippen molar-refractivity contribution in [1.29, 1.82) is 5.26 Å². The zero-order valence-electron chi connectivity index (χ0n) is 22.3. The maximum absolute atomic E-state index is 14.0. The summed E-state index contributed by atoms with van der Waals surface area (Å²) >= 11 is 1.48. The first-order chi connectivity index (χ1) is 20.0. The van der Waals surface area contributed by atoms with Gasteiger partial charge >= 0.3 is 6.18 Å². The standard InChI is InChI=1S/C27H25F5N6O3S/c1-15-8-23(27(30,31)32)35-38(15)13-24(39)37-5-2-17(3-6-37)26-34-22(14-42-26)21-11-18(41-36-21)4-7-40-25-19(28)9-16(12-33)10-20(25)29/h8-10,14,17-18H,2-7,11,13H2,1H3. The van der Waals surface area contributed by atoms with E-state index in [2.05, 4.69) is 10.3 Å². The van der Waals surface area contributed by atoms with E-state index < -0.39 is 29.3 Å². The number of carbonyl (C=O) groups is 1. The van der Waals surface area contributed by atoms with Crippen molar-refractivity contribution in [3.8, 4) is 11.8 Å². The molecule has 9 nitrogen and oxygen atoms in total. The molecule has 1 aromatic carbocycles. The number of hydrogen-bond acceptors (Lipinski definition) is 8. The number of halogens is 5. The van der Waals surface area contributed by atoms with Crippen LogP contribution in [0.25, 0.3) is 0 Å². The van der Waals surface area contributed by atoms with E-state index in [0.717, 1.165) is 27.9 Å². The van der Waals surface area contributed by atoms with Crippen molar-refractivity contribution >= 4 is 23.0 Å². The number of aryl methyl sites for hydroxylation is 1. The van der Waals surface area contributed by atoms with Gasteiger partial charge < -0.3 is 14.5 Å². The summed E-state index contributed by atoms with van der Waals surface area (Å²) in [5.41, 5.74) is 0.442. The Kier molecular flexibility index (Phi) is 8.44. The van der Waals surface area contributed by atoms with Gasteiger partial charge in [-0.2, -0.15) is 23.5 Å². The third-order valence-corrected chi connectivity index (χ3v) is 8.12. The smallest absolute Gasteiger partial charge is 0.435 e. The molecule has 1 amide bonds. The Morgan fingerprint density at radius 3 is 2.57 bits per heavy atom. The lowest BCUT2D eigenvalue weighted by Crippen LogP contribution is -2.40. The second-order valence-corrected chi connectivity index (χ2v) is 10.9. The number of nitrogens with zero attached hydrogens (tertiary/aromatic N) is 6. The Balaban J connectivity index is 1.08. The van der Waals surface area contributed by atoms with Crippen LogP contribution in [-0.2, 0) is 22.4 Å². The average molecular weight is 609 g/mol. The molecule has 1 saturated heterocycles. The molecule has 0 aliphatic carbocycles. The van der Waals surface area contributed by atoms with E-state index in [0.29, 0.717) is 50.2 Å². The molecule has 2 aliphatic heterocycles. The Hall–Kier alpha value is -4.06. The largest absolute Gasteiger partial charge is 0.487 e. The summed E-state index contributed by atoms with van der Waals surface area (Å²) < 4.78 is 73.1. The number of carbonyl (C=O) groups excluding carboxylic acids is 1. The maximum atomic E-state index is 14.0. The summed E-state index contributed by atoms with van der Waals surface area (Å²) in [6, 6.07) is 4.42. The zero-order chi connectivity index (χ0) is 30.0. The summed E-state index contributed by atoms with van der Waals surface area (Å²) in [4.78, 5) is 24.5. The number of aromatic nitrogens is 3. The Labute approximate surface area is 241 Å². The molecule has 1 fully saturated rings. The number of likely N-dealkylation sites (tertiary alicyclic amines) is 1. The van der Waals surface area contributed by atoms with Gasteiger partial charge in [-0.25, -0.2) is 13.8 Å². The lowest BCUT2D eigenvalue weighted by atomic mass is 9.97. The minimum absolute atomic E-state index is 0.0176. The molecule has 0 spiro atoms. The van der Waals surface area contributed by atoms with E-state index in [4.69, 9.17) is 19.8 Å². The Bertz CT molecular complexity index is 1510. The first-order valence-electron chi connectivity index (χ1n) is 13.1. The van der Waals surface area contributed by atoms with Crippen LogP contribution >= 0.6 is 11.3 Å². The lowest BCUT2D eigenvalue weighted by molar-refractivity contribution is -0.142. The molecule has 0 bridgehead atoms. The van der Waals surface area contributed by atoms with Gasteiger partial charge in [-0.05, 0) is 38.0 Å². The van der Waals surface area contributed by atoms with Crippen LogP contribution in [0.15, 0.2) is 28.7 Å². The van der Waals surface area contributed by atoms with Gasteiger partial charge in [0.05, 0.1) is 28.9 Å². The van der Waals surface area contributed by atoms with Crippen molar-refractivity contribution in [2.24, 2.45) is 5.16 Å². The molecule has 3 aromatic rings. The summed E-state index contributed by atoms with van der Waals surface area (Å²) in [6.45, 7) is 2.12. The van der Waals surface area contributed by atoms with Crippen LogP contribution in [0.3, 0.4) is 0 Å². The number of amides is 1. The van der Waals surface area contributed by atoms with Crippen molar-refractivity contribution in [2.75, 3.05) is 19.7 Å². The van der Waals surface area contributed by atoms with Crippen molar-refractivity contribution in [3.05, 3.63) is 62.9 Å². The van der Waals surface area contributed by atoms with Gasteiger partial charge in [0.15, 0.2) is 23.1 Å². The molecule has 42 heavy (non-hydrogen) atoms. The topological polar surface area (TPSA) is 106 Å². The quantitative estimate of drug-likeness (QED) is 0.326. The first-order valence-corrected chi connectivity index (χ1v) is 14.0. The molecule has 0 saturated carbocycles. The van der Waals surface area contributed by atoms with E-state index in [9.17, 15) is 26.7 Å². The number of alkyl halides is 3. The molecule has 0 N–H and O–H groups in total. The minimum atomic E-state index is -4.57. The summed E-state index contributed by atoms with van der Waals surface area (Å²) in [6.07, 6.45) is -2.82. The van der Waals surface area contributed by atoms with Crippen molar-refractivity contribution in [2.45, 2.75) is 57.3 Å². The van der Waals surface area contributed by atoms with Crippen LogP contribution in [0.5, 0.6) is 5.75 Å². The van der Waals surface area contributed by atoms with Crippen LogP contribution < -0.4 is 4.74 Å². The maximum Gasteiger partial charge on any atom is 0.435 e. The number of oxime groups is 1. The SMILES string of the molecule is Cc1cc(C(F)(F)F)nn1CC(=O)N1CCC(c2nc(C3=NOC(CCOc4c(F)cc(C#N)cc4F)C3)cs2)CC1. The van der Waals surface area contributed by atoms with E-state index in [1.165, 1.54) is 18.3 Å². The lowest BCUT2D eigenvalue weighted by Gasteiger charge is -2.31. The number of nitriles is 1. The van der Waals surface area contributed by atoms with Gasteiger partial charge in [0.2, 0.25) is 5.91 Å². The average Bonchev–Trinajstić information content (AvgIpc) is 3.70. The fourth-order valence-corrected chi connectivity index (χ4v) is 5.81. The highest BCUT2D eigenvalue weighted by Crippen LogP contribution is 2.32. The predicted octanol–water partition coefficient (Wildman–Crippen LogP) is 5.19. The predicted molar refractivity (Wildman–Crippen MR) is 140 cm³/mol. The molecule has 222 valence electrons. The molecular weight excluding hydrogens is 583 g/mol. The minimum Gasteiger partial charge on any atom is -0.487 e. The molecule has 0 radical (unpaired) electrons. The van der Waals surface area contributed by atoms with Crippen LogP contribution in [0, 0.1) is 29.9 Å². The van der Waals surface area contributed by atoms with Gasteiger partial charge in [0, 0.05) is 42.9 Å². The third kappa shape index (κ3) is 6.53. The Morgan fingerprint density at radius 2 is 1.93 bits per heavy atom. The molecule has 5 rings (SSSR count). The van der Waals surface area contributed by atoms with E-state index in [-0.39, 0.29) is 42.3 Å². The molecule has 1 atom stereocenters. The van der Waals surface area contributed by atoms with Gasteiger partial charge in [-0.1, -0.05) is 5.16 Å². The van der Waals surface area contributed by atoms with Crippen molar-refractivity contribution in [3.63, 3.8) is 0 Å². The van der Waals surface area contributed by atoms with Crippen LogP contribution in [0.4, 0.5) is 22.0 Å². The fourth-order valence-electron chi connectivity index (χ4n) is 4.81. The van der Waals surface area contributed by atoms with E-state index in [1.807, 2.05) is 5.38 Å². The van der Waals surface area contributed by atoms with E-state index in [1.54, 1.807) is 11.0 Å². The van der Waals surface area contributed by atoms with Gasteiger partial charge in [0.1, 0.15) is 18.4 Å². The molecule has 15 heteroatoms. The number of ether oxygens (including phenoxy) is 1. The van der Waals surface area contributed by atoms with Crippen molar-refractivity contribution < 1.29 is 36.3 Å². The Morgan fingerprint density at radius 1 is 1.21 bits per heavy atom. The fraction of sp³-hybridized carbons (Fsp3) is 0.444. The van der Waals surface area contributed by atoms with Gasteiger partial charge in [-0.15, -0.1) is 11.3 Å². The molecule has 2 aromatic heterocycles. The number of piperidine rings is 1. The van der Waals surface area contributed by atoms with Gasteiger partial charge in [-0.3, -0.25) is 9.48 Å². The third-order valence-electron chi connectivity index (χ3n) is 7.12. The summed E-state index contributed by atoms with van der Waals surface area (Å²) in [7, 11) is 0. The van der Waals surface area contributed by atoms with Gasteiger partial charge in [0.25, 0.3) is 0 Å². The monoisotopic (exact) mass is 608 g/mol. The highest BCUT2D eigenvalue weighted by atomic mass is 32.1. The first kappa shape index (κ1) is 29.4. The van der Waals surface area contributed by atoms with Crippen LogP contribution in [-0.4, -0.2) is 57.1 Å². The zero-order valence-corrected chi connectivity index (χ0v) is 23.1. The number of hydrogen-bond donors (Lipinski definition) is 0. The molecule has 4 heterocycles. The summed E-state index contributed by atoms with van der Waals surface area (Å²) in [5, 5.41) is 19.2. The second kappa shape index (κ2) is 12.0. The normalized spacial score (nSPS) is 17.6. The van der Waals surface area contributed by atoms with Crippen LogP contribution in [0.1, 0.15) is 59.3 Å². The summed E-state index contributed by atoms with van der Waals surface area (Å²) in [5.74, 6) is -2.61. The molecular formula is C27H25F5N6O3S. The van der Waals surface area contributed by atoms with Crippen LogP contribution in [0.2, 0.25) is 0 Å². The molecule has 2 aliphatic rings. The number of rotatable bonds is 8. The number of thiazole rings is 1. The second-order valence-electron chi connectivity index (χ2n) is 10.0.